The Morgan fingerprint density at radius 1 is 0.368 bits per heavy atom. The van der Waals surface area contributed by atoms with Crippen molar-refractivity contribution in [3.63, 3.8) is 0 Å². The Morgan fingerprint density at radius 3 is 1.00 bits per heavy atom. The molecule has 6 heteroatoms. The molecule has 0 aromatic carbocycles. The van der Waals surface area contributed by atoms with E-state index < -0.39 is 6.10 Å². The van der Waals surface area contributed by atoms with Gasteiger partial charge in [-0.2, -0.15) is 0 Å². The summed E-state index contributed by atoms with van der Waals surface area (Å²) in [5, 5.41) is 0. The van der Waals surface area contributed by atoms with Crippen molar-refractivity contribution in [3.05, 3.63) is 0 Å². The van der Waals surface area contributed by atoms with Crippen molar-refractivity contribution in [3.8, 4) is 0 Å². The number of carbonyl (C=O) groups is 3. The molecule has 0 saturated carbocycles. The third-order valence-corrected chi connectivity index (χ3v) is 11.8. The topological polar surface area (TPSA) is 78.9 Å². The van der Waals surface area contributed by atoms with Crippen LogP contribution < -0.4 is 0 Å². The highest BCUT2D eigenvalue weighted by Crippen LogP contribution is 2.18. The highest BCUT2D eigenvalue weighted by atomic mass is 16.6. The smallest absolute Gasteiger partial charge is 0.306 e. The largest absolute Gasteiger partial charge is 0.462 e. The van der Waals surface area contributed by atoms with E-state index in [0.29, 0.717) is 19.3 Å². The molecule has 57 heavy (non-hydrogen) atoms. The standard InChI is InChI=1S/C51H98O6/c1-6-8-9-10-24-33-38-43-51(54)57-48(45-56-50(53)42-37-32-28-23-25-29-34-39-46(3)4)44-55-49(52)41-36-31-27-22-20-18-16-14-12-11-13-15-17-19-21-26-30-35-40-47(5)7-2/h46-48H,6-45H2,1-5H3/t47?,48-/m1/s1. The van der Waals surface area contributed by atoms with Crippen molar-refractivity contribution >= 4 is 17.9 Å². The molecule has 338 valence electrons. The third kappa shape index (κ3) is 43.8. The number of carbonyl (C=O) groups excluding carboxylic acids is 3. The van der Waals surface area contributed by atoms with Gasteiger partial charge in [0.15, 0.2) is 6.10 Å². The van der Waals surface area contributed by atoms with Crippen LogP contribution in [0.3, 0.4) is 0 Å². The number of rotatable bonds is 45. The monoisotopic (exact) mass is 807 g/mol. The Kier molecular flexibility index (Phi) is 42.7. The second kappa shape index (κ2) is 44.0. The van der Waals surface area contributed by atoms with Gasteiger partial charge in [0.25, 0.3) is 0 Å². The summed E-state index contributed by atoms with van der Waals surface area (Å²) in [4.78, 5) is 37.6. The summed E-state index contributed by atoms with van der Waals surface area (Å²) in [6.45, 7) is 11.3. The maximum atomic E-state index is 12.6. The van der Waals surface area contributed by atoms with E-state index in [1.165, 1.54) is 167 Å². The minimum absolute atomic E-state index is 0.0651. The normalized spacial score (nSPS) is 12.5. The number of unbranched alkanes of at least 4 members (excludes halogenated alkanes) is 29. The fraction of sp³-hybridized carbons (Fsp3) is 0.941. The van der Waals surface area contributed by atoms with Crippen LogP contribution in [0.4, 0.5) is 0 Å². The lowest BCUT2D eigenvalue weighted by Crippen LogP contribution is -2.30. The molecule has 2 atom stereocenters. The van der Waals surface area contributed by atoms with Crippen LogP contribution >= 0.6 is 0 Å². The zero-order chi connectivity index (χ0) is 41.9. The molecule has 0 saturated heterocycles. The Hall–Kier alpha value is -1.59. The second-order valence-electron chi connectivity index (χ2n) is 18.2. The summed E-state index contributed by atoms with van der Waals surface area (Å²) >= 11 is 0. The highest BCUT2D eigenvalue weighted by Gasteiger charge is 2.19. The Labute approximate surface area is 355 Å². The third-order valence-electron chi connectivity index (χ3n) is 11.8. The second-order valence-corrected chi connectivity index (χ2v) is 18.2. The lowest BCUT2D eigenvalue weighted by Gasteiger charge is -2.18. The summed E-state index contributed by atoms with van der Waals surface area (Å²) in [6, 6.07) is 0. The molecule has 0 aliphatic heterocycles. The maximum absolute atomic E-state index is 12.6. The maximum Gasteiger partial charge on any atom is 0.306 e. The molecule has 0 radical (unpaired) electrons. The van der Waals surface area contributed by atoms with Crippen LogP contribution in [0.2, 0.25) is 0 Å². The summed E-state index contributed by atoms with van der Waals surface area (Å²) in [7, 11) is 0. The van der Waals surface area contributed by atoms with E-state index in [2.05, 4.69) is 34.6 Å². The number of hydrogen-bond acceptors (Lipinski definition) is 6. The van der Waals surface area contributed by atoms with E-state index in [9.17, 15) is 14.4 Å². The first-order valence-electron chi connectivity index (χ1n) is 25.3. The van der Waals surface area contributed by atoms with Crippen molar-refractivity contribution in [1.29, 1.82) is 0 Å². The molecular formula is C51H98O6. The van der Waals surface area contributed by atoms with E-state index in [-0.39, 0.29) is 31.1 Å². The van der Waals surface area contributed by atoms with E-state index in [0.717, 1.165) is 69.6 Å². The average molecular weight is 807 g/mol. The van der Waals surface area contributed by atoms with Gasteiger partial charge in [-0.25, -0.2) is 0 Å². The predicted octanol–water partition coefficient (Wildman–Crippen LogP) is 16.1. The van der Waals surface area contributed by atoms with Gasteiger partial charge < -0.3 is 14.2 Å². The Bertz CT molecular complexity index is 872. The van der Waals surface area contributed by atoms with Crippen molar-refractivity contribution < 1.29 is 28.6 Å². The van der Waals surface area contributed by atoms with Gasteiger partial charge in [-0.15, -0.1) is 0 Å². The molecule has 0 fully saturated rings. The summed E-state index contributed by atoms with van der Waals surface area (Å²) < 4.78 is 16.7. The molecule has 0 aromatic heterocycles. The van der Waals surface area contributed by atoms with Crippen LogP contribution in [0.5, 0.6) is 0 Å². The van der Waals surface area contributed by atoms with Crippen LogP contribution in [0.1, 0.15) is 279 Å². The Morgan fingerprint density at radius 2 is 0.667 bits per heavy atom. The van der Waals surface area contributed by atoms with Gasteiger partial charge in [-0.3, -0.25) is 14.4 Å². The summed E-state index contributed by atoms with van der Waals surface area (Å²) in [5.41, 5.74) is 0. The lowest BCUT2D eigenvalue weighted by molar-refractivity contribution is -0.167. The van der Waals surface area contributed by atoms with Gasteiger partial charge in [0, 0.05) is 19.3 Å². The van der Waals surface area contributed by atoms with Gasteiger partial charge in [-0.1, -0.05) is 240 Å². The molecular weight excluding hydrogens is 709 g/mol. The number of ether oxygens (including phenoxy) is 3. The van der Waals surface area contributed by atoms with Crippen LogP contribution in [0.25, 0.3) is 0 Å². The Balaban J connectivity index is 4.07. The molecule has 0 heterocycles. The molecule has 0 N–H and O–H groups in total. The van der Waals surface area contributed by atoms with Gasteiger partial charge >= 0.3 is 17.9 Å². The molecule has 1 unspecified atom stereocenters. The predicted molar refractivity (Wildman–Crippen MR) is 243 cm³/mol. The van der Waals surface area contributed by atoms with Crippen LogP contribution in [-0.2, 0) is 28.6 Å². The number of esters is 3. The highest BCUT2D eigenvalue weighted by molar-refractivity contribution is 5.71. The molecule has 0 amide bonds. The molecule has 0 spiro atoms. The summed E-state index contributed by atoms with van der Waals surface area (Å²) in [5.74, 6) is 0.830. The first-order chi connectivity index (χ1) is 27.8. The van der Waals surface area contributed by atoms with Crippen molar-refractivity contribution in [2.45, 2.75) is 285 Å². The number of hydrogen-bond donors (Lipinski definition) is 0. The van der Waals surface area contributed by atoms with E-state index in [1.807, 2.05) is 0 Å². The minimum Gasteiger partial charge on any atom is -0.462 e. The fourth-order valence-corrected chi connectivity index (χ4v) is 7.60. The van der Waals surface area contributed by atoms with Crippen molar-refractivity contribution in [2.75, 3.05) is 13.2 Å². The quantitative estimate of drug-likeness (QED) is 0.0346. The van der Waals surface area contributed by atoms with Gasteiger partial charge in [0.2, 0.25) is 0 Å². The first-order valence-corrected chi connectivity index (χ1v) is 25.3. The SMILES string of the molecule is CCCCCCCCCC(=O)O[C@H](COC(=O)CCCCCCCCCCCCCCCCCCCCC(C)CC)COC(=O)CCCCCCCCCC(C)C. The van der Waals surface area contributed by atoms with E-state index in [1.54, 1.807) is 0 Å². The minimum atomic E-state index is -0.760. The van der Waals surface area contributed by atoms with Crippen LogP contribution in [0.15, 0.2) is 0 Å². The van der Waals surface area contributed by atoms with E-state index in [4.69, 9.17) is 14.2 Å². The lowest BCUT2D eigenvalue weighted by atomic mass is 9.99. The fourth-order valence-electron chi connectivity index (χ4n) is 7.60. The van der Waals surface area contributed by atoms with Crippen molar-refractivity contribution in [2.24, 2.45) is 11.8 Å². The molecule has 0 aliphatic rings. The summed E-state index contributed by atoms with van der Waals surface area (Å²) in [6.07, 6.45) is 44.0. The van der Waals surface area contributed by atoms with Crippen LogP contribution in [0, 0.1) is 11.8 Å². The molecule has 0 aromatic rings. The zero-order valence-corrected chi connectivity index (χ0v) is 39.0. The van der Waals surface area contributed by atoms with Gasteiger partial charge in [-0.05, 0) is 31.1 Å². The van der Waals surface area contributed by atoms with E-state index >= 15 is 0 Å². The van der Waals surface area contributed by atoms with Gasteiger partial charge in [0.1, 0.15) is 13.2 Å². The molecule has 0 aliphatic carbocycles. The zero-order valence-electron chi connectivity index (χ0n) is 39.0. The average Bonchev–Trinajstić information content (AvgIpc) is 3.19. The van der Waals surface area contributed by atoms with Gasteiger partial charge in [0.05, 0.1) is 0 Å². The van der Waals surface area contributed by atoms with Crippen molar-refractivity contribution in [1.82, 2.24) is 0 Å². The molecule has 6 nitrogen and oxygen atoms in total. The molecule has 0 rings (SSSR count). The first kappa shape index (κ1) is 55.4. The van der Waals surface area contributed by atoms with Crippen LogP contribution in [-0.4, -0.2) is 37.2 Å². The molecule has 0 bridgehead atoms.